The first-order chi connectivity index (χ1) is 6.61. The monoisotopic (exact) mass is 200 g/mol. The molecule has 0 radical (unpaired) electrons. The zero-order valence-corrected chi connectivity index (χ0v) is 8.32. The number of hydrogen-bond donors (Lipinski definition) is 2. The second-order valence-electron chi connectivity index (χ2n) is 3.63. The topological polar surface area (TPSA) is 69.6 Å². The summed E-state index contributed by atoms with van der Waals surface area (Å²) in [5, 5.41) is 11.7. The van der Waals surface area contributed by atoms with E-state index in [4.69, 9.17) is 5.11 Å². The minimum atomic E-state index is -0.968. The van der Waals surface area contributed by atoms with Crippen LogP contribution in [0.2, 0.25) is 0 Å². The van der Waals surface area contributed by atoms with Crippen LogP contribution in [-0.2, 0) is 9.59 Å². The smallest absolute Gasteiger partial charge is 0.323 e. The van der Waals surface area contributed by atoms with Crippen molar-refractivity contribution in [2.24, 2.45) is 5.92 Å². The Morgan fingerprint density at radius 1 is 1.57 bits per heavy atom. The Morgan fingerprint density at radius 3 is 2.79 bits per heavy atom. The number of rotatable bonds is 3. The molecule has 1 aliphatic heterocycles. The molecule has 1 atom stereocenters. The van der Waals surface area contributed by atoms with Crippen LogP contribution in [0, 0.1) is 5.92 Å². The van der Waals surface area contributed by atoms with E-state index >= 15 is 0 Å². The highest BCUT2D eigenvalue weighted by Crippen LogP contribution is 2.12. The summed E-state index contributed by atoms with van der Waals surface area (Å²) in [6.07, 6.45) is 1.84. The number of carbonyl (C=O) groups is 2. The predicted molar refractivity (Wildman–Crippen MR) is 50.9 cm³/mol. The first kappa shape index (κ1) is 11.0. The lowest BCUT2D eigenvalue weighted by molar-refractivity contribution is -0.145. The van der Waals surface area contributed by atoms with Crippen LogP contribution < -0.4 is 5.32 Å². The van der Waals surface area contributed by atoms with E-state index in [1.54, 1.807) is 0 Å². The molecule has 1 aliphatic rings. The Hall–Kier alpha value is -1.10. The third-order valence-corrected chi connectivity index (χ3v) is 2.39. The van der Waals surface area contributed by atoms with Crippen LogP contribution in [0.5, 0.6) is 0 Å². The number of carboxylic acids is 1. The molecule has 0 bridgehead atoms. The average Bonchev–Trinajstić information content (AvgIpc) is 2.17. The summed E-state index contributed by atoms with van der Waals surface area (Å²) in [7, 11) is 1.53. The standard InChI is InChI=1S/C9H16N2O3/c1-11(6-8(12)13)9(14)7-3-2-4-10-5-7/h7,10H,2-6H2,1H3,(H,12,13). The van der Waals surface area contributed by atoms with Crippen LogP contribution in [0.4, 0.5) is 0 Å². The van der Waals surface area contributed by atoms with Gasteiger partial charge in [-0.1, -0.05) is 0 Å². The van der Waals surface area contributed by atoms with Gasteiger partial charge in [-0.25, -0.2) is 0 Å². The number of amides is 1. The lowest BCUT2D eigenvalue weighted by Crippen LogP contribution is -2.43. The maximum atomic E-state index is 11.7. The van der Waals surface area contributed by atoms with Crippen molar-refractivity contribution >= 4 is 11.9 Å². The van der Waals surface area contributed by atoms with Gasteiger partial charge in [0, 0.05) is 13.6 Å². The average molecular weight is 200 g/mol. The SMILES string of the molecule is CN(CC(=O)O)C(=O)C1CCCNC1. The highest BCUT2D eigenvalue weighted by atomic mass is 16.4. The molecule has 0 aromatic heterocycles. The zero-order chi connectivity index (χ0) is 10.6. The van der Waals surface area contributed by atoms with Gasteiger partial charge in [0.15, 0.2) is 0 Å². The first-order valence-electron chi connectivity index (χ1n) is 4.78. The molecule has 80 valence electrons. The lowest BCUT2D eigenvalue weighted by atomic mass is 9.98. The maximum absolute atomic E-state index is 11.7. The fourth-order valence-electron chi connectivity index (χ4n) is 1.66. The predicted octanol–water partition coefficient (Wildman–Crippen LogP) is -0.471. The molecule has 5 heteroatoms. The van der Waals surface area contributed by atoms with Crippen molar-refractivity contribution in [2.45, 2.75) is 12.8 Å². The summed E-state index contributed by atoms with van der Waals surface area (Å²) in [5.74, 6) is -1.09. The molecule has 1 unspecified atom stereocenters. The van der Waals surface area contributed by atoms with E-state index in [2.05, 4.69) is 5.32 Å². The van der Waals surface area contributed by atoms with E-state index in [1.807, 2.05) is 0 Å². The molecule has 0 spiro atoms. The highest BCUT2D eigenvalue weighted by molar-refractivity contribution is 5.83. The van der Waals surface area contributed by atoms with Gasteiger partial charge >= 0.3 is 5.97 Å². The molecule has 0 aromatic rings. The van der Waals surface area contributed by atoms with Crippen molar-refractivity contribution < 1.29 is 14.7 Å². The number of nitrogens with zero attached hydrogens (tertiary/aromatic N) is 1. The van der Waals surface area contributed by atoms with E-state index in [9.17, 15) is 9.59 Å². The zero-order valence-electron chi connectivity index (χ0n) is 8.32. The van der Waals surface area contributed by atoms with Gasteiger partial charge in [0.05, 0.1) is 5.92 Å². The lowest BCUT2D eigenvalue weighted by Gasteiger charge is -2.25. The Labute approximate surface area is 83.1 Å². The fraction of sp³-hybridized carbons (Fsp3) is 0.778. The van der Waals surface area contributed by atoms with Crippen LogP contribution in [0.25, 0.3) is 0 Å². The molecular weight excluding hydrogens is 184 g/mol. The van der Waals surface area contributed by atoms with Gasteiger partial charge in [0.1, 0.15) is 6.54 Å². The van der Waals surface area contributed by atoms with Crippen molar-refractivity contribution in [2.75, 3.05) is 26.7 Å². The molecule has 1 heterocycles. The Balaban J connectivity index is 2.42. The Morgan fingerprint density at radius 2 is 2.29 bits per heavy atom. The van der Waals surface area contributed by atoms with Crippen molar-refractivity contribution in [3.05, 3.63) is 0 Å². The quantitative estimate of drug-likeness (QED) is 0.646. The van der Waals surface area contributed by atoms with Gasteiger partial charge in [-0.15, -0.1) is 0 Å². The van der Waals surface area contributed by atoms with Crippen LogP contribution in [0.1, 0.15) is 12.8 Å². The van der Waals surface area contributed by atoms with Crippen molar-refractivity contribution in [1.82, 2.24) is 10.2 Å². The molecule has 5 nitrogen and oxygen atoms in total. The van der Waals surface area contributed by atoms with Crippen LogP contribution in [0.3, 0.4) is 0 Å². The number of likely N-dealkylation sites (N-methyl/N-ethyl adjacent to an activating group) is 1. The van der Waals surface area contributed by atoms with E-state index in [-0.39, 0.29) is 18.4 Å². The molecule has 1 saturated heterocycles. The first-order valence-corrected chi connectivity index (χ1v) is 4.78. The summed E-state index contributed by atoms with van der Waals surface area (Å²) in [6, 6.07) is 0. The normalized spacial score (nSPS) is 21.6. The van der Waals surface area contributed by atoms with E-state index in [0.29, 0.717) is 6.54 Å². The fourth-order valence-corrected chi connectivity index (χ4v) is 1.66. The maximum Gasteiger partial charge on any atom is 0.323 e. The van der Waals surface area contributed by atoms with Crippen molar-refractivity contribution in [3.8, 4) is 0 Å². The molecule has 14 heavy (non-hydrogen) atoms. The number of hydrogen-bond acceptors (Lipinski definition) is 3. The van der Waals surface area contributed by atoms with Gasteiger partial charge in [-0.05, 0) is 19.4 Å². The highest BCUT2D eigenvalue weighted by Gasteiger charge is 2.24. The third-order valence-electron chi connectivity index (χ3n) is 2.39. The summed E-state index contributed by atoms with van der Waals surface area (Å²) in [6.45, 7) is 1.41. The van der Waals surface area contributed by atoms with Crippen LogP contribution in [-0.4, -0.2) is 48.6 Å². The van der Waals surface area contributed by atoms with Crippen molar-refractivity contribution in [3.63, 3.8) is 0 Å². The number of aliphatic carboxylic acids is 1. The van der Waals surface area contributed by atoms with Crippen LogP contribution >= 0.6 is 0 Å². The summed E-state index contributed by atoms with van der Waals surface area (Å²) in [5.41, 5.74) is 0. The molecule has 1 rings (SSSR count). The summed E-state index contributed by atoms with van der Waals surface area (Å²) >= 11 is 0. The minimum absolute atomic E-state index is 0.0481. The van der Waals surface area contributed by atoms with E-state index in [1.165, 1.54) is 11.9 Å². The molecule has 1 fully saturated rings. The van der Waals surface area contributed by atoms with Gasteiger partial charge in [0.25, 0.3) is 0 Å². The largest absolute Gasteiger partial charge is 0.480 e. The van der Waals surface area contributed by atoms with Gasteiger partial charge in [-0.3, -0.25) is 9.59 Å². The Kier molecular flexibility index (Phi) is 3.88. The van der Waals surface area contributed by atoms with E-state index < -0.39 is 5.97 Å². The van der Waals surface area contributed by atoms with Gasteiger partial charge in [0.2, 0.25) is 5.91 Å². The van der Waals surface area contributed by atoms with E-state index in [0.717, 1.165) is 19.4 Å². The molecule has 1 amide bonds. The summed E-state index contributed by atoms with van der Waals surface area (Å²) < 4.78 is 0. The van der Waals surface area contributed by atoms with Gasteiger partial charge < -0.3 is 15.3 Å². The molecular formula is C9H16N2O3. The second-order valence-corrected chi connectivity index (χ2v) is 3.63. The summed E-state index contributed by atoms with van der Waals surface area (Å²) in [4.78, 5) is 23.3. The third kappa shape index (κ3) is 2.99. The van der Waals surface area contributed by atoms with Crippen LogP contribution in [0.15, 0.2) is 0 Å². The van der Waals surface area contributed by atoms with Crippen molar-refractivity contribution in [1.29, 1.82) is 0 Å². The number of nitrogens with one attached hydrogen (secondary N) is 1. The second kappa shape index (κ2) is 4.95. The number of carbonyl (C=O) groups excluding carboxylic acids is 1. The molecule has 0 aliphatic carbocycles. The minimum Gasteiger partial charge on any atom is -0.480 e. The molecule has 2 N–H and O–H groups in total. The Bertz CT molecular complexity index is 224. The number of piperidine rings is 1. The molecule has 0 saturated carbocycles. The number of carboxylic acid groups (broad SMARTS) is 1. The molecule has 0 aromatic carbocycles. The van der Waals surface area contributed by atoms with Gasteiger partial charge in [-0.2, -0.15) is 0 Å².